The predicted octanol–water partition coefficient (Wildman–Crippen LogP) is 3.08. The molecule has 0 bridgehead atoms. The Bertz CT molecular complexity index is 174. The summed E-state index contributed by atoms with van der Waals surface area (Å²) in [5.41, 5.74) is 21.6. The minimum Gasteiger partial charge on any atom is -0.330 e. The zero-order valence-electron chi connectivity index (χ0n) is 14.7. The first kappa shape index (κ1) is 23.1. The summed E-state index contributed by atoms with van der Waals surface area (Å²) in [5.74, 6) is 0.651. The summed E-state index contributed by atoms with van der Waals surface area (Å²) >= 11 is 0. The predicted molar refractivity (Wildman–Crippen MR) is 95.9 cm³/mol. The smallest absolute Gasteiger partial charge is 0.0520 e. The van der Waals surface area contributed by atoms with Crippen LogP contribution in [0.4, 0.5) is 0 Å². The van der Waals surface area contributed by atoms with Gasteiger partial charge >= 0.3 is 0 Å². The summed E-state index contributed by atoms with van der Waals surface area (Å²) in [6.45, 7) is 5.99. The van der Waals surface area contributed by atoms with Crippen molar-refractivity contribution in [1.29, 1.82) is 0 Å². The Hall–Kier alpha value is -0.160. The molecule has 21 heavy (non-hydrogen) atoms. The zero-order valence-corrected chi connectivity index (χ0v) is 14.7. The maximum absolute atomic E-state index is 5.45. The SMILES string of the molecule is CC(CN)CCCN.CCCCCCCCCCC(N)N. The van der Waals surface area contributed by atoms with Crippen LogP contribution < -0.4 is 22.9 Å². The van der Waals surface area contributed by atoms with Crippen LogP contribution in [0.5, 0.6) is 0 Å². The van der Waals surface area contributed by atoms with Gasteiger partial charge in [0.15, 0.2) is 0 Å². The standard InChI is InChI=1S/C11H26N2.C6H16N2/c1-2-3-4-5-6-7-8-9-10-11(12)13;1-6(5-8)3-2-4-7/h11H,2-10,12-13H2,1H3;6H,2-5,7-8H2,1H3. The van der Waals surface area contributed by atoms with E-state index < -0.39 is 0 Å². The summed E-state index contributed by atoms with van der Waals surface area (Å²) in [5, 5.41) is 0. The highest BCUT2D eigenvalue weighted by Crippen LogP contribution is 2.09. The highest BCUT2D eigenvalue weighted by Gasteiger charge is 1.95. The fourth-order valence-electron chi connectivity index (χ4n) is 2.10. The minimum atomic E-state index is -0.0971. The number of nitrogens with two attached hydrogens (primary N) is 4. The number of hydrogen-bond acceptors (Lipinski definition) is 4. The van der Waals surface area contributed by atoms with Crippen molar-refractivity contribution >= 4 is 0 Å². The topological polar surface area (TPSA) is 104 Å². The molecule has 0 spiro atoms. The maximum Gasteiger partial charge on any atom is 0.0520 e. The lowest BCUT2D eigenvalue weighted by Crippen LogP contribution is -2.29. The number of hydrogen-bond donors (Lipinski definition) is 4. The first-order chi connectivity index (χ1) is 10.1. The van der Waals surface area contributed by atoms with Gasteiger partial charge in [0.2, 0.25) is 0 Å². The summed E-state index contributed by atoms with van der Waals surface area (Å²) in [6, 6.07) is 0. The molecule has 0 aromatic rings. The van der Waals surface area contributed by atoms with Crippen LogP contribution in [-0.4, -0.2) is 19.3 Å². The monoisotopic (exact) mass is 302 g/mol. The van der Waals surface area contributed by atoms with E-state index >= 15 is 0 Å². The molecule has 0 saturated heterocycles. The van der Waals surface area contributed by atoms with Crippen molar-refractivity contribution in [3.63, 3.8) is 0 Å². The van der Waals surface area contributed by atoms with Gasteiger partial charge in [0, 0.05) is 0 Å². The first-order valence-electron chi connectivity index (χ1n) is 8.99. The summed E-state index contributed by atoms with van der Waals surface area (Å²) in [7, 11) is 0. The second-order valence-corrected chi connectivity index (χ2v) is 6.20. The van der Waals surface area contributed by atoms with Crippen LogP contribution in [0.25, 0.3) is 0 Å². The third-order valence-electron chi connectivity index (χ3n) is 3.69. The summed E-state index contributed by atoms with van der Waals surface area (Å²) in [6.07, 6.45) is 14.0. The Morgan fingerprint density at radius 2 is 1.24 bits per heavy atom. The fourth-order valence-corrected chi connectivity index (χ4v) is 2.10. The van der Waals surface area contributed by atoms with E-state index in [0.717, 1.165) is 25.9 Å². The molecule has 0 aliphatic heterocycles. The third kappa shape index (κ3) is 25.2. The van der Waals surface area contributed by atoms with E-state index in [1.165, 1.54) is 57.8 Å². The molecular weight excluding hydrogens is 260 g/mol. The van der Waals surface area contributed by atoms with Gasteiger partial charge in [-0.25, -0.2) is 0 Å². The van der Waals surface area contributed by atoms with Crippen LogP contribution in [0, 0.1) is 5.92 Å². The van der Waals surface area contributed by atoms with Crippen molar-refractivity contribution in [3.05, 3.63) is 0 Å². The molecule has 130 valence electrons. The maximum atomic E-state index is 5.45. The largest absolute Gasteiger partial charge is 0.330 e. The molecule has 0 aromatic carbocycles. The molecular formula is C17H42N4. The average molecular weight is 303 g/mol. The Morgan fingerprint density at radius 3 is 1.67 bits per heavy atom. The lowest BCUT2D eigenvalue weighted by atomic mass is 10.1. The Labute approximate surface area is 133 Å². The molecule has 0 saturated carbocycles. The van der Waals surface area contributed by atoms with Gasteiger partial charge in [-0.1, -0.05) is 65.2 Å². The van der Waals surface area contributed by atoms with Crippen LogP contribution in [-0.2, 0) is 0 Å². The summed E-state index contributed by atoms with van der Waals surface area (Å²) < 4.78 is 0. The molecule has 0 amide bonds. The Balaban J connectivity index is 0. The van der Waals surface area contributed by atoms with E-state index in [-0.39, 0.29) is 6.17 Å². The van der Waals surface area contributed by atoms with Gasteiger partial charge in [-0.05, 0) is 38.3 Å². The second kappa shape index (κ2) is 19.8. The van der Waals surface area contributed by atoms with E-state index in [0.29, 0.717) is 5.92 Å². The van der Waals surface area contributed by atoms with Crippen molar-refractivity contribution < 1.29 is 0 Å². The molecule has 1 atom stereocenters. The Kier molecular flexibility index (Phi) is 21.8. The molecule has 0 aliphatic rings. The van der Waals surface area contributed by atoms with Crippen molar-refractivity contribution in [3.8, 4) is 0 Å². The van der Waals surface area contributed by atoms with E-state index in [9.17, 15) is 0 Å². The van der Waals surface area contributed by atoms with Crippen LogP contribution in [0.15, 0.2) is 0 Å². The normalized spacial score (nSPS) is 12.1. The van der Waals surface area contributed by atoms with E-state index in [1.54, 1.807) is 0 Å². The van der Waals surface area contributed by atoms with Crippen molar-refractivity contribution in [1.82, 2.24) is 0 Å². The number of unbranched alkanes of at least 4 members (excludes halogenated alkanes) is 7. The first-order valence-corrected chi connectivity index (χ1v) is 8.99. The van der Waals surface area contributed by atoms with Gasteiger partial charge in [-0.3, -0.25) is 0 Å². The molecule has 4 nitrogen and oxygen atoms in total. The van der Waals surface area contributed by atoms with Gasteiger partial charge < -0.3 is 22.9 Å². The quantitative estimate of drug-likeness (QED) is 0.310. The van der Waals surface area contributed by atoms with Gasteiger partial charge in [-0.2, -0.15) is 0 Å². The minimum absolute atomic E-state index is 0.0971. The van der Waals surface area contributed by atoms with Gasteiger partial charge in [0.1, 0.15) is 0 Å². The molecule has 0 rings (SSSR count). The molecule has 0 radical (unpaired) electrons. The second-order valence-electron chi connectivity index (χ2n) is 6.20. The van der Waals surface area contributed by atoms with Crippen molar-refractivity contribution in [2.45, 2.75) is 90.6 Å². The molecule has 1 unspecified atom stereocenters. The lowest BCUT2D eigenvalue weighted by molar-refractivity contribution is 0.525. The van der Waals surface area contributed by atoms with Crippen molar-refractivity contribution in [2.24, 2.45) is 28.9 Å². The van der Waals surface area contributed by atoms with Crippen LogP contribution in [0.3, 0.4) is 0 Å². The van der Waals surface area contributed by atoms with Crippen LogP contribution in [0.2, 0.25) is 0 Å². The highest BCUT2D eigenvalue weighted by atomic mass is 14.8. The van der Waals surface area contributed by atoms with Crippen molar-refractivity contribution in [2.75, 3.05) is 13.1 Å². The van der Waals surface area contributed by atoms with E-state index in [4.69, 9.17) is 22.9 Å². The van der Waals surface area contributed by atoms with Gasteiger partial charge in [0.25, 0.3) is 0 Å². The van der Waals surface area contributed by atoms with Crippen LogP contribution >= 0.6 is 0 Å². The van der Waals surface area contributed by atoms with E-state index in [1.807, 2.05) is 0 Å². The molecule has 0 fully saturated rings. The van der Waals surface area contributed by atoms with Gasteiger partial charge in [-0.15, -0.1) is 0 Å². The zero-order chi connectivity index (χ0) is 16.3. The molecule has 0 aromatic heterocycles. The molecule has 4 heteroatoms. The average Bonchev–Trinajstić information content (AvgIpc) is 2.47. The lowest BCUT2D eigenvalue weighted by Gasteiger charge is -2.04. The fraction of sp³-hybridized carbons (Fsp3) is 1.00. The summed E-state index contributed by atoms with van der Waals surface area (Å²) in [4.78, 5) is 0. The molecule has 0 aliphatic carbocycles. The molecule has 8 N–H and O–H groups in total. The highest BCUT2D eigenvalue weighted by molar-refractivity contribution is 4.53. The number of rotatable bonds is 13. The third-order valence-corrected chi connectivity index (χ3v) is 3.69. The molecule has 0 heterocycles. The Morgan fingerprint density at radius 1 is 0.714 bits per heavy atom. The van der Waals surface area contributed by atoms with E-state index in [2.05, 4.69) is 13.8 Å². The van der Waals surface area contributed by atoms with Gasteiger partial charge in [0.05, 0.1) is 6.17 Å². The van der Waals surface area contributed by atoms with Crippen LogP contribution in [0.1, 0.15) is 84.5 Å².